The zero-order valence-electron chi connectivity index (χ0n) is 18.2. The number of piperidine rings is 1. The van der Waals surface area contributed by atoms with Gasteiger partial charge in [0.05, 0.1) is 11.1 Å². The minimum Gasteiger partial charge on any atom is -0.494 e. The number of rotatable bonds is 7. The quantitative estimate of drug-likeness (QED) is 0.629. The fourth-order valence-electron chi connectivity index (χ4n) is 3.53. The predicted molar refractivity (Wildman–Crippen MR) is 124 cm³/mol. The molecule has 1 saturated heterocycles. The van der Waals surface area contributed by atoms with Gasteiger partial charge in [-0.05, 0) is 91.5 Å². The van der Waals surface area contributed by atoms with Crippen LogP contribution in [0.2, 0.25) is 0 Å². The van der Waals surface area contributed by atoms with Gasteiger partial charge in [-0.1, -0.05) is 6.07 Å². The summed E-state index contributed by atoms with van der Waals surface area (Å²) in [7, 11) is 0. The van der Waals surface area contributed by atoms with Gasteiger partial charge in [-0.2, -0.15) is 0 Å². The highest BCUT2D eigenvalue weighted by molar-refractivity contribution is 9.10. The van der Waals surface area contributed by atoms with Crippen molar-refractivity contribution in [2.45, 2.75) is 45.8 Å². The Bertz CT molecular complexity index is 908. The van der Waals surface area contributed by atoms with Crippen molar-refractivity contribution >= 4 is 27.7 Å². The second kappa shape index (κ2) is 10.7. The lowest BCUT2D eigenvalue weighted by atomic mass is 10.0. The van der Waals surface area contributed by atoms with E-state index in [1.165, 1.54) is 0 Å². The third-order valence-corrected chi connectivity index (χ3v) is 5.92. The number of nitrogens with one attached hydrogen (secondary N) is 1. The van der Waals surface area contributed by atoms with E-state index in [1.807, 2.05) is 49.1 Å². The molecule has 1 fully saturated rings. The summed E-state index contributed by atoms with van der Waals surface area (Å²) >= 11 is 3.47. The predicted octanol–water partition coefficient (Wildman–Crippen LogP) is 4.34. The molecule has 0 spiro atoms. The first-order chi connectivity index (χ1) is 14.9. The highest BCUT2D eigenvalue weighted by atomic mass is 79.9. The van der Waals surface area contributed by atoms with Crippen molar-refractivity contribution in [3.05, 3.63) is 58.1 Å². The number of halogens is 1. The molecular formula is C24H29BrN2O4. The third kappa shape index (κ3) is 6.23. The molecule has 0 aromatic heterocycles. The van der Waals surface area contributed by atoms with E-state index in [1.54, 1.807) is 19.1 Å². The number of hydrogen-bond donors (Lipinski definition) is 1. The molecule has 1 heterocycles. The van der Waals surface area contributed by atoms with E-state index in [4.69, 9.17) is 9.47 Å². The van der Waals surface area contributed by atoms with Crippen molar-refractivity contribution in [1.82, 2.24) is 10.2 Å². The van der Waals surface area contributed by atoms with E-state index in [0.29, 0.717) is 31.0 Å². The summed E-state index contributed by atoms with van der Waals surface area (Å²) in [6.07, 6.45) is 0.827. The van der Waals surface area contributed by atoms with Gasteiger partial charge < -0.3 is 19.7 Å². The van der Waals surface area contributed by atoms with Gasteiger partial charge in [-0.3, -0.25) is 9.59 Å². The fourth-order valence-corrected chi connectivity index (χ4v) is 4.12. The summed E-state index contributed by atoms with van der Waals surface area (Å²) in [4.78, 5) is 27.1. The van der Waals surface area contributed by atoms with E-state index in [-0.39, 0.29) is 17.9 Å². The van der Waals surface area contributed by atoms with Crippen molar-refractivity contribution < 1.29 is 19.1 Å². The number of amides is 2. The van der Waals surface area contributed by atoms with Crippen molar-refractivity contribution in [2.75, 3.05) is 19.7 Å². The van der Waals surface area contributed by atoms with Gasteiger partial charge in [0.2, 0.25) is 0 Å². The molecule has 1 atom stereocenters. The average molecular weight is 489 g/mol. The van der Waals surface area contributed by atoms with Crippen LogP contribution in [0.15, 0.2) is 46.9 Å². The first-order valence-electron chi connectivity index (χ1n) is 10.6. The highest BCUT2D eigenvalue weighted by Crippen LogP contribution is 2.26. The Kier molecular flexibility index (Phi) is 7.96. The van der Waals surface area contributed by atoms with E-state index < -0.39 is 6.10 Å². The van der Waals surface area contributed by atoms with Crippen LogP contribution in [0.5, 0.6) is 11.5 Å². The molecule has 2 amide bonds. The van der Waals surface area contributed by atoms with Gasteiger partial charge in [0.15, 0.2) is 6.10 Å². The van der Waals surface area contributed by atoms with Crippen LogP contribution in [0.1, 0.15) is 42.6 Å². The van der Waals surface area contributed by atoms with Crippen molar-refractivity contribution in [2.24, 2.45) is 0 Å². The number of aryl methyl sites for hydroxylation is 1. The van der Waals surface area contributed by atoms with E-state index >= 15 is 0 Å². The average Bonchev–Trinajstić information content (AvgIpc) is 2.76. The number of hydrogen-bond acceptors (Lipinski definition) is 4. The largest absolute Gasteiger partial charge is 0.494 e. The van der Waals surface area contributed by atoms with Crippen LogP contribution in [-0.2, 0) is 4.79 Å². The molecule has 3 rings (SSSR count). The smallest absolute Gasteiger partial charge is 0.260 e. The zero-order chi connectivity index (χ0) is 22.4. The SMILES string of the molecule is CCOc1ccc(C(=O)N2CCC(NC(=O)C(C)Oc3ccc(C)cc3Br)CC2)cc1. The number of likely N-dealkylation sites (tertiary alicyclic amines) is 1. The first-order valence-corrected chi connectivity index (χ1v) is 11.4. The first kappa shape index (κ1) is 23.1. The standard InChI is InChI=1S/C24H29BrN2O4/c1-4-30-20-8-6-18(7-9-20)24(29)27-13-11-19(12-14-27)26-23(28)17(3)31-22-10-5-16(2)15-21(22)25/h5-10,15,17,19H,4,11-14H2,1-3H3,(H,26,28). The van der Waals surface area contributed by atoms with Crippen LogP contribution < -0.4 is 14.8 Å². The lowest BCUT2D eigenvalue weighted by Gasteiger charge is -2.33. The lowest BCUT2D eigenvalue weighted by Crippen LogP contribution is -2.49. The minimum absolute atomic E-state index is 0.00810. The Balaban J connectivity index is 1.47. The molecule has 1 aliphatic heterocycles. The molecule has 0 radical (unpaired) electrons. The lowest BCUT2D eigenvalue weighted by molar-refractivity contribution is -0.128. The molecule has 1 unspecified atom stereocenters. The molecule has 31 heavy (non-hydrogen) atoms. The number of nitrogens with zero attached hydrogens (tertiary/aromatic N) is 1. The van der Waals surface area contributed by atoms with Gasteiger partial charge in [-0.15, -0.1) is 0 Å². The van der Waals surface area contributed by atoms with E-state index in [0.717, 1.165) is 28.6 Å². The van der Waals surface area contributed by atoms with Gasteiger partial charge in [0.25, 0.3) is 11.8 Å². The van der Waals surface area contributed by atoms with Gasteiger partial charge in [0.1, 0.15) is 11.5 Å². The van der Waals surface area contributed by atoms with Crippen LogP contribution in [0.3, 0.4) is 0 Å². The van der Waals surface area contributed by atoms with Crippen molar-refractivity contribution in [3.63, 3.8) is 0 Å². The Labute approximate surface area is 192 Å². The summed E-state index contributed by atoms with van der Waals surface area (Å²) in [5.41, 5.74) is 1.76. The highest BCUT2D eigenvalue weighted by Gasteiger charge is 2.26. The number of carbonyl (C=O) groups is 2. The van der Waals surface area contributed by atoms with Crippen LogP contribution in [0.4, 0.5) is 0 Å². The summed E-state index contributed by atoms with van der Waals surface area (Å²) in [6.45, 7) is 7.48. The Morgan fingerprint density at radius 1 is 1.16 bits per heavy atom. The number of carbonyl (C=O) groups excluding carboxylic acids is 2. The van der Waals surface area contributed by atoms with Crippen LogP contribution in [-0.4, -0.2) is 48.6 Å². The summed E-state index contributed by atoms with van der Waals surface area (Å²) in [5.74, 6) is 1.26. The fraction of sp³-hybridized carbons (Fsp3) is 0.417. The molecule has 0 bridgehead atoms. The Hall–Kier alpha value is -2.54. The van der Waals surface area contributed by atoms with Crippen LogP contribution in [0, 0.1) is 6.92 Å². The zero-order valence-corrected chi connectivity index (χ0v) is 19.8. The maximum atomic E-state index is 12.7. The third-order valence-electron chi connectivity index (χ3n) is 5.30. The molecular weight excluding hydrogens is 460 g/mol. The summed E-state index contributed by atoms with van der Waals surface area (Å²) in [5, 5.41) is 3.06. The van der Waals surface area contributed by atoms with E-state index in [9.17, 15) is 9.59 Å². The molecule has 7 heteroatoms. The maximum Gasteiger partial charge on any atom is 0.260 e. The summed E-state index contributed by atoms with van der Waals surface area (Å²) in [6, 6.07) is 13.0. The molecule has 2 aromatic rings. The second-order valence-corrected chi connectivity index (χ2v) is 8.58. The van der Waals surface area contributed by atoms with Crippen molar-refractivity contribution in [1.29, 1.82) is 0 Å². The van der Waals surface area contributed by atoms with Crippen LogP contribution >= 0.6 is 15.9 Å². The topological polar surface area (TPSA) is 67.9 Å². The van der Waals surface area contributed by atoms with Crippen LogP contribution in [0.25, 0.3) is 0 Å². The van der Waals surface area contributed by atoms with Gasteiger partial charge in [0, 0.05) is 24.7 Å². The normalized spacial score (nSPS) is 15.3. The second-order valence-electron chi connectivity index (χ2n) is 7.73. The molecule has 0 aliphatic carbocycles. The number of benzene rings is 2. The molecule has 0 saturated carbocycles. The van der Waals surface area contributed by atoms with Gasteiger partial charge >= 0.3 is 0 Å². The molecule has 1 N–H and O–H groups in total. The number of ether oxygens (including phenoxy) is 2. The molecule has 166 valence electrons. The molecule has 1 aliphatic rings. The van der Waals surface area contributed by atoms with Gasteiger partial charge in [-0.25, -0.2) is 0 Å². The van der Waals surface area contributed by atoms with Crippen molar-refractivity contribution in [3.8, 4) is 11.5 Å². The monoisotopic (exact) mass is 488 g/mol. The Morgan fingerprint density at radius 3 is 2.45 bits per heavy atom. The summed E-state index contributed by atoms with van der Waals surface area (Å²) < 4.78 is 12.1. The molecule has 6 nitrogen and oxygen atoms in total. The molecule has 2 aromatic carbocycles. The maximum absolute atomic E-state index is 12.7. The Morgan fingerprint density at radius 2 is 1.84 bits per heavy atom. The van der Waals surface area contributed by atoms with E-state index in [2.05, 4.69) is 21.2 Å². The minimum atomic E-state index is -0.609.